The van der Waals surface area contributed by atoms with Crippen molar-refractivity contribution in [1.82, 2.24) is 10.0 Å². The lowest BCUT2D eigenvalue weighted by Gasteiger charge is -2.13. The lowest BCUT2D eigenvalue weighted by atomic mass is 10.2. The molecule has 1 aliphatic carbocycles. The monoisotopic (exact) mass is 294 g/mol. The lowest BCUT2D eigenvalue weighted by Crippen LogP contribution is -2.32. The van der Waals surface area contributed by atoms with E-state index >= 15 is 0 Å². The van der Waals surface area contributed by atoms with Crippen LogP contribution in [0.1, 0.15) is 32.3 Å². The molecule has 5 heteroatoms. The topological polar surface area (TPSA) is 58.2 Å². The van der Waals surface area contributed by atoms with E-state index in [0.29, 0.717) is 10.9 Å². The molecule has 2 rings (SSSR count). The van der Waals surface area contributed by atoms with Crippen LogP contribution in [-0.2, 0) is 16.6 Å². The fraction of sp³-hybridized carbons (Fsp3) is 0.467. The van der Waals surface area contributed by atoms with Gasteiger partial charge in [-0.2, -0.15) is 0 Å². The first-order chi connectivity index (χ1) is 9.47. The molecular formula is C15H22N2O2S. The molecule has 0 saturated carbocycles. The minimum absolute atomic E-state index is 0.00211. The number of sulfonamides is 1. The Morgan fingerprint density at radius 1 is 1.15 bits per heavy atom. The molecule has 1 aromatic rings. The molecule has 110 valence electrons. The van der Waals surface area contributed by atoms with Gasteiger partial charge in [0.05, 0.1) is 4.90 Å². The third-order valence-electron chi connectivity index (χ3n) is 3.28. The van der Waals surface area contributed by atoms with Gasteiger partial charge in [0.1, 0.15) is 0 Å². The van der Waals surface area contributed by atoms with Crippen molar-refractivity contribution in [3.8, 4) is 0 Å². The Bertz CT molecular complexity index is 554. The number of rotatable bonds is 6. The van der Waals surface area contributed by atoms with E-state index in [1.807, 2.05) is 24.3 Å². The molecule has 0 bridgehead atoms. The van der Waals surface area contributed by atoms with Crippen molar-refractivity contribution in [2.45, 2.75) is 50.2 Å². The predicted molar refractivity (Wildman–Crippen MR) is 80.9 cm³/mol. The molecule has 0 unspecified atom stereocenters. The van der Waals surface area contributed by atoms with Crippen molar-refractivity contribution in [3.63, 3.8) is 0 Å². The number of nitrogens with one attached hydrogen (secondary N) is 2. The minimum Gasteiger partial charge on any atom is -0.310 e. The van der Waals surface area contributed by atoms with E-state index in [1.54, 1.807) is 12.1 Å². The van der Waals surface area contributed by atoms with Gasteiger partial charge in [-0.25, -0.2) is 13.1 Å². The maximum Gasteiger partial charge on any atom is 0.240 e. The van der Waals surface area contributed by atoms with Crippen molar-refractivity contribution >= 4 is 10.0 Å². The Morgan fingerprint density at radius 2 is 1.75 bits per heavy atom. The molecule has 0 spiro atoms. The van der Waals surface area contributed by atoms with Gasteiger partial charge in [-0.15, -0.1) is 0 Å². The van der Waals surface area contributed by atoms with Crippen molar-refractivity contribution in [3.05, 3.63) is 42.0 Å². The molecule has 0 radical (unpaired) electrons. The number of hydrogen-bond acceptors (Lipinski definition) is 3. The summed E-state index contributed by atoms with van der Waals surface area (Å²) in [6, 6.07) is 7.47. The third-order valence-corrected chi connectivity index (χ3v) is 4.81. The lowest BCUT2D eigenvalue weighted by molar-refractivity contribution is 0.557. The van der Waals surface area contributed by atoms with Crippen LogP contribution in [-0.4, -0.2) is 20.5 Å². The van der Waals surface area contributed by atoms with Crippen LogP contribution in [0.2, 0.25) is 0 Å². The third kappa shape index (κ3) is 4.16. The molecule has 0 aliphatic heterocycles. The van der Waals surface area contributed by atoms with E-state index in [-0.39, 0.29) is 6.04 Å². The Labute approximate surface area is 121 Å². The molecule has 1 aromatic carbocycles. The average molecular weight is 294 g/mol. The van der Waals surface area contributed by atoms with E-state index < -0.39 is 10.0 Å². The molecule has 4 nitrogen and oxygen atoms in total. The molecular weight excluding hydrogens is 272 g/mol. The molecule has 0 saturated heterocycles. The maximum atomic E-state index is 12.2. The van der Waals surface area contributed by atoms with Gasteiger partial charge in [0.2, 0.25) is 10.0 Å². The zero-order valence-corrected chi connectivity index (χ0v) is 12.8. The highest BCUT2D eigenvalue weighted by Crippen LogP contribution is 2.15. The smallest absolute Gasteiger partial charge is 0.240 e. The molecule has 1 aliphatic rings. The first-order valence-electron chi connectivity index (χ1n) is 6.97. The van der Waals surface area contributed by atoms with E-state index in [4.69, 9.17) is 0 Å². The van der Waals surface area contributed by atoms with Crippen molar-refractivity contribution in [2.24, 2.45) is 0 Å². The Kier molecular flexibility index (Phi) is 4.96. The first kappa shape index (κ1) is 15.2. The highest BCUT2D eigenvalue weighted by molar-refractivity contribution is 7.89. The Morgan fingerprint density at radius 3 is 2.30 bits per heavy atom. The highest BCUT2D eigenvalue weighted by atomic mass is 32.2. The van der Waals surface area contributed by atoms with E-state index in [2.05, 4.69) is 23.9 Å². The van der Waals surface area contributed by atoms with Crippen LogP contribution in [0.3, 0.4) is 0 Å². The summed E-state index contributed by atoms with van der Waals surface area (Å²) in [5, 5.41) is 3.31. The van der Waals surface area contributed by atoms with E-state index in [0.717, 1.165) is 24.9 Å². The molecule has 2 N–H and O–H groups in total. The van der Waals surface area contributed by atoms with Crippen LogP contribution >= 0.6 is 0 Å². The van der Waals surface area contributed by atoms with Crippen molar-refractivity contribution < 1.29 is 8.42 Å². The van der Waals surface area contributed by atoms with Crippen LogP contribution < -0.4 is 10.0 Å². The van der Waals surface area contributed by atoms with Gasteiger partial charge in [-0.3, -0.25) is 0 Å². The normalized spacial score (nSPS) is 16.1. The van der Waals surface area contributed by atoms with Gasteiger partial charge in [0.15, 0.2) is 0 Å². The fourth-order valence-electron chi connectivity index (χ4n) is 2.11. The molecule has 0 aromatic heterocycles. The van der Waals surface area contributed by atoms with Gasteiger partial charge in [0, 0.05) is 18.6 Å². The standard InChI is InChI=1S/C15H22N2O2S/c1-12(2)16-11-13-7-9-15(10-8-13)20(18,19)17-14-5-3-4-6-14/h3-4,7-10,12,14,16-17H,5-6,11H2,1-2H3. The predicted octanol–water partition coefficient (Wildman–Crippen LogP) is 2.18. The maximum absolute atomic E-state index is 12.2. The Balaban J connectivity index is 2.00. The summed E-state index contributed by atoms with van der Waals surface area (Å²) in [6.07, 6.45) is 5.56. The summed E-state index contributed by atoms with van der Waals surface area (Å²) in [5.41, 5.74) is 1.08. The van der Waals surface area contributed by atoms with Crippen molar-refractivity contribution in [2.75, 3.05) is 0 Å². The van der Waals surface area contributed by atoms with Crippen LogP contribution in [0, 0.1) is 0 Å². The molecule has 0 heterocycles. The second kappa shape index (κ2) is 6.52. The fourth-order valence-corrected chi connectivity index (χ4v) is 3.37. The SMILES string of the molecule is CC(C)NCc1ccc(S(=O)(=O)NC2CC=CC2)cc1. The molecule has 0 fully saturated rings. The Hall–Kier alpha value is -1.17. The summed E-state index contributed by atoms with van der Waals surface area (Å²) in [5.74, 6) is 0. The largest absolute Gasteiger partial charge is 0.310 e. The molecule has 0 atom stereocenters. The van der Waals surface area contributed by atoms with Gasteiger partial charge >= 0.3 is 0 Å². The van der Waals surface area contributed by atoms with Gasteiger partial charge in [0.25, 0.3) is 0 Å². The van der Waals surface area contributed by atoms with Crippen LogP contribution in [0.4, 0.5) is 0 Å². The first-order valence-corrected chi connectivity index (χ1v) is 8.45. The van der Waals surface area contributed by atoms with Crippen LogP contribution in [0.25, 0.3) is 0 Å². The summed E-state index contributed by atoms with van der Waals surface area (Å²) in [6.45, 7) is 4.91. The number of hydrogen-bond donors (Lipinski definition) is 2. The van der Waals surface area contributed by atoms with E-state index in [9.17, 15) is 8.42 Å². The summed E-state index contributed by atoms with van der Waals surface area (Å²) < 4.78 is 27.2. The second-order valence-electron chi connectivity index (χ2n) is 5.44. The molecule has 20 heavy (non-hydrogen) atoms. The quantitative estimate of drug-likeness (QED) is 0.791. The molecule has 0 amide bonds. The van der Waals surface area contributed by atoms with Gasteiger partial charge in [-0.1, -0.05) is 38.1 Å². The van der Waals surface area contributed by atoms with Crippen LogP contribution in [0.5, 0.6) is 0 Å². The summed E-state index contributed by atoms with van der Waals surface area (Å²) >= 11 is 0. The van der Waals surface area contributed by atoms with Crippen molar-refractivity contribution in [1.29, 1.82) is 0 Å². The average Bonchev–Trinajstić information content (AvgIpc) is 2.89. The zero-order chi connectivity index (χ0) is 14.6. The summed E-state index contributed by atoms with van der Waals surface area (Å²) in [7, 11) is -3.40. The number of benzene rings is 1. The second-order valence-corrected chi connectivity index (χ2v) is 7.15. The van der Waals surface area contributed by atoms with Gasteiger partial charge < -0.3 is 5.32 Å². The highest BCUT2D eigenvalue weighted by Gasteiger charge is 2.20. The van der Waals surface area contributed by atoms with E-state index in [1.165, 1.54) is 0 Å². The van der Waals surface area contributed by atoms with Gasteiger partial charge in [-0.05, 0) is 30.5 Å². The zero-order valence-electron chi connectivity index (χ0n) is 12.0. The summed E-state index contributed by atoms with van der Waals surface area (Å²) in [4.78, 5) is 0.331. The van der Waals surface area contributed by atoms with Crippen LogP contribution in [0.15, 0.2) is 41.3 Å². The minimum atomic E-state index is -3.40.